The van der Waals surface area contributed by atoms with E-state index in [-0.39, 0.29) is 0 Å². The Balaban J connectivity index is 1.34. The van der Waals surface area contributed by atoms with Crippen molar-refractivity contribution in [3.8, 4) is 11.3 Å². The van der Waals surface area contributed by atoms with Crippen molar-refractivity contribution in [3.05, 3.63) is 78.9 Å². The van der Waals surface area contributed by atoms with E-state index in [1.165, 1.54) is 12.3 Å². The molecule has 5 nitrogen and oxygen atoms in total. The van der Waals surface area contributed by atoms with Crippen LogP contribution in [0.1, 0.15) is 11.6 Å². The van der Waals surface area contributed by atoms with Gasteiger partial charge in [-0.3, -0.25) is 9.97 Å². The van der Waals surface area contributed by atoms with Gasteiger partial charge in [0.25, 0.3) is 0 Å². The number of halogens is 1. The van der Waals surface area contributed by atoms with Crippen LogP contribution in [0, 0.1) is 5.95 Å². The third-order valence-electron chi connectivity index (χ3n) is 4.92. The molecule has 0 bridgehead atoms. The Morgan fingerprint density at radius 3 is 2.67 bits per heavy atom. The molecule has 1 saturated heterocycles. The second-order valence-corrected chi connectivity index (χ2v) is 6.69. The minimum atomic E-state index is -0.499. The van der Waals surface area contributed by atoms with E-state index in [0.717, 1.165) is 40.9 Å². The van der Waals surface area contributed by atoms with Crippen LogP contribution in [0.15, 0.2) is 67.3 Å². The summed E-state index contributed by atoms with van der Waals surface area (Å²) in [5, 5.41) is 1.14. The van der Waals surface area contributed by atoms with Gasteiger partial charge in [-0.25, -0.2) is 9.97 Å². The number of fused-ring (bicyclic) bond motifs is 1. The van der Waals surface area contributed by atoms with Gasteiger partial charge < -0.3 is 4.90 Å². The van der Waals surface area contributed by atoms with Gasteiger partial charge in [0.15, 0.2) is 0 Å². The van der Waals surface area contributed by atoms with Gasteiger partial charge in [-0.1, -0.05) is 18.2 Å². The molecule has 0 aliphatic carbocycles. The maximum atomic E-state index is 13.0. The molecule has 0 radical (unpaired) electrons. The molecule has 6 heteroatoms. The summed E-state index contributed by atoms with van der Waals surface area (Å²) in [4.78, 5) is 19.5. The number of pyridine rings is 2. The van der Waals surface area contributed by atoms with Crippen molar-refractivity contribution in [2.45, 2.75) is 5.92 Å². The fraction of sp³-hybridized carbons (Fsp3) is 0.143. The summed E-state index contributed by atoms with van der Waals surface area (Å²) in [5.74, 6) is -0.182. The lowest BCUT2D eigenvalue weighted by atomic mass is 9.95. The standard InChI is InChI=1S/C21H16FN5/c22-21-6-5-15(8-25-21)19-10-23-11-20(26-19)16-12-27(13-16)17-7-14-3-1-2-4-18(14)24-9-17/h1-11,16H,12-13H2. The molecule has 3 aromatic heterocycles. The molecule has 1 fully saturated rings. The van der Waals surface area contributed by atoms with E-state index in [1.807, 2.05) is 24.4 Å². The third-order valence-corrected chi connectivity index (χ3v) is 4.92. The van der Waals surface area contributed by atoms with Crippen LogP contribution in [0.2, 0.25) is 0 Å². The Morgan fingerprint density at radius 1 is 0.926 bits per heavy atom. The van der Waals surface area contributed by atoms with Crippen LogP contribution in [-0.4, -0.2) is 33.0 Å². The monoisotopic (exact) mass is 357 g/mol. The Bertz CT molecular complexity index is 1110. The summed E-state index contributed by atoms with van der Waals surface area (Å²) in [6.45, 7) is 1.75. The van der Waals surface area contributed by atoms with Gasteiger partial charge in [0.05, 0.1) is 35.0 Å². The molecular weight excluding hydrogens is 341 g/mol. The van der Waals surface area contributed by atoms with E-state index in [1.54, 1.807) is 18.5 Å². The quantitative estimate of drug-likeness (QED) is 0.522. The van der Waals surface area contributed by atoms with E-state index in [2.05, 4.69) is 32.0 Å². The molecule has 0 spiro atoms. The highest BCUT2D eigenvalue weighted by molar-refractivity contribution is 5.81. The van der Waals surface area contributed by atoms with Crippen LogP contribution in [-0.2, 0) is 0 Å². The Morgan fingerprint density at radius 2 is 1.81 bits per heavy atom. The first-order valence-electron chi connectivity index (χ1n) is 8.80. The van der Waals surface area contributed by atoms with Crippen LogP contribution < -0.4 is 4.90 Å². The molecule has 4 aromatic rings. The average Bonchev–Trinajstić information content (AvgIpc) is 2.68. The molecule has 5 rings (SSSR count). The lowest BCUT2D eigenvalue weighted by molar-refractivity contribution is 0.512. The van der Waals surface area contributed by atoms with Gasteiger partial charge in [-0.15, -0.1) is 0 Å². The fourth-order valence-electron chi connectivity index (χ4n) is 3.35. The van der Waals surface area contributed by atoms with E-state index >= 15 is 0 Å². The number of hydrogen-bond acceptors (Lipinski definition) is 5. The van der Waals surface area contributed by atoms with Crippen molar-refractivity contribution in [1.29, 1.82) is 0 Å². The lowest BCUT2D eigenvalue weighted by Crippen LogP contribution is -2.45. The number of anilines is 1. The SMILES string of the molecule is Fc1ccc(-c2cncc(C3CN(c4cnc5ccccc5c4)C3)n2)cn1. The average molecular weight is 357 g/mol. The predicted octanol–water partition coefficient (Wildman–Crippen LogP) is 3.83. The number of para-hydroxylation sites is 1. The normalized spacial score (nSPS) is 14.3. The highest BCUT2D eigenvalue weighted by Crippen LogP contribution is 2.32. The van der Waals surface area contributed by atoms with E-state index in [0.29, 0.717) is 11.6 Å². The van der Waals surface area contributed by atoms with Crippen molar-refractivity contribution < 1.29 is 4.39 Å². The molecule has 0 amide bonds. The number of benzene rings is 1. The molecule has 1 aliphatic rings. The minimum absolute atomic E-state index is 0.317. The Kier molecular flexibility index (Phi) is 3.74. The molecular formula is C21H16FN5. The van der Waals surface area contributed by atoms with Crippen molar-refractivity contribution in [3.63, 3.8) is 0 Å². The summed E-state index contributed by atoms with van der Waals surface area (Å²) >= 11 is 0. The predicted molar refractivity (Wildman–Crippen MR) is 102 cm³/mol. The second-order valence-electron chi connectivity index (χ2n) is 6.69. The molecule has 0 atom stereocenters. The van der Waals surface area contributed by atoms with Crippen LogP contribution in [0.5, 0.6) is 0 Å². The molecule has 132 valence electrons. The smallest absolute Gasteiger partial charge is 0.212 e. The number of nitrogens with zero attached hydrogens (tertiary/aromatic N) is 5. The van der Waals surface area contributed by atoms with Gasteiger partial charge >= 0.3 is 0 Å². The largest absolute Gasteiger partial charge is 0.369 e. The molecule has 1 aromatic carbocycles. The van der Waals surface area contributed by atoms with E-state index in [4.69, 9.17) is 4.98 Å². The second kappa shape index (κ2) is 6.39. The topological polar surface area (TPSA) is 54.8 Å². The van der Waals surface area contributed by atoms with Gasteiger partial charge in [-0.2, -0.15) is 4.39 Å². The minimum Gasteiger partial charge on any atom is -0.369 e. The molecule has 0 N–H and O–H groups in total. The van der Waals surface area contributed by atoms with Gasteiger partial charge in [0.1, 0.15) is 0 Å². The van der Waals surface area contributed by atoms with E-state index < -0.39 is 5.95 Å². The maximum Gasteiger partial charge on any atom is 0.212 e. The lowest BCUT2D eigenvalue weighted by Gasteiger charge is -2.40. The molecule has 0 saturated carbocycles. The molecule has 1 aliphatic heterocycles. The zero-order chi connectivity index (χ0) is 18.2. The highest BCUT2D eigenvalue weighted by Gasteiger charge is 2.30. The number of rotatable bonds is 3. The summed E-state index contributed by atoms with van der Waals surface area (Å²) in [6, 6.07) is 13.3. The van der Waals surface area contributed by atoms with Crippen molar-refractivity contribution in [2.75, 3.05) is 18.0 Å². The van der Waals surface area contributed by atoms with Crippen LogP contribution >= 0.6 is 0 Å². The summed E-state index contributed by atoms with van der Waals surface area (Å²) < 4.78 is 13.0. The molecule has 0 unspecified atom stereocenters. The van der Waals surface area contributed by atoms with Crippen molar-refractivity contribution in [2.24, 2.45) is 0 Å². The number of aromatic nitrogens is 4. The molecule has 27 heavy (non-hydrogen) atoms. The Labute approximate surface area is 155 Å². The van der Waals surface area contributed by atoms with Gasteiger partial charge in [0.2, 0.25) is 5.95 Å². The van der Waals surface area contributed by atoms with Gasteiger partial charge in [0, 0.05) is 42.4 Å². The maximum absolute atomic E-state index is 13.0. The Hall–Kier alpha value is -3.41. The fourth-order valence-corrected chi connectivity index (χ4v) is 3.35. The number of hydrogen-bond donors (Lipinski definition) is 0. The van der Waals surface area contributed by atoms with Crippen LogP contribution in [0.4, 0.5) is 10.1 Å². The van der Waals surface area contributed by atoms with Crippen LogP contribution in [0.3, 0.4) is 0 Å². The molecule has 4 heterocycles. The van der Waals surface area contributed by atoms with Crippen molar-refractivity contribution >= 4 is 16.6 Å². The third kappa shape index (κ3) is 2.99. The van der Waals surface area contributed by atoms with Gasteiger partial charge in [-0.05, 0) is 24.3 Å². The van der Waals surface area contributed by atoms with E-state index in [9.17, 15) is 4.39 Å². The first kappa shape index (κ1) is 15.8. The summed E-state index contributed by atoms with van der Waals surface area (Å²) in [6.07, 6.45) is 6.89. The summed E-state index contributed by atoms with van der Waals surface area (Å²) in [7, 11) is 0. The zero-order valence-electron chi connectivity index (χ0n) is 14.5. The van der Waals surface area contributed by atoms with Crippen LogP contribution in [0.25, 0.3) is 22.2 Å². The summed E-state index contributed by atoms with van der Waals surface area (Å²) in [5.41, 5.74) is 4.55. The highest BCUT2D eigenvalue weighted by atomic mass is 19.1. The van der Waals surface area contributed by atoms with Crippen molar-refractivity contribution in [1.82, 2.24) is 19.9 Å². The first-order valence-corrected chi connectivity index (χ1v) is 8.80. The zero-order valence-corrected chi connectivity index (χ0v) is 14.5. The first-order chi connectivity index (χ1) is 13.3.